The van der Waals surface area contributed by atoms with E-state index in [9.17, 15) is 4.79 Å². The quantitative estimate of drug-likeness (QED) is 0.926. The molecule has 0 spiro atoms. The minimum atomic E-state index is -0.278. The maximum atomic E-state index is 12.9. The molecule has 1 N–H and O–H groups in total. The Labute approximate surface area is 132 Å². The van der Waals surface area contributed by atoms with E-state index in [1.165, 1.54) is 0 Å². The van der Waals surface area contributed by atoms with Gasteiger partial charge in [0.25, 0.3) is 0 Å². The molecule has 2 unspecified atom stereocenters. The molecule has 5 heteroatoms. The van der Waals surface area contributed by atoms with E-state index in [0.29, 0.717) is 11.1 Å². The van der Waals surface area contributed by atoms with Crippen molar-refractivity contribution in [1.29, 1.82) is 0 Å². The van der Waals surface area contributed by atoms with Gasteiger partial charge in [-0.2, -0.15) is 0 Å². The molecule has 0 aromatic heterocycles. The van der Waals surface area contributed by atoms with Crippen LogP contribution in [0.1, 0.15) is 24.4 Å². The zero-order chi connectivity index (χ0) is 15.4. The van der Waals surface area contributed by atoms with E-state index in [2.05, 4.69) is 5.32 Å². The molecule has 2 atom stereocenters. The van der Waals surface area contributed by atoms with Crippen molar-refractivity contribution in [2.75, 3.05) is 34.2 Å². The standard InChI is InChI=1S/C16H24ClN3O/c1-18-14-8-5-9-20(11-14)16(21)15(19(2)3)12-6-4-7-13(17)10-12/h4,6-7,10,14-15,18H,5,8-9,11H2,1-3H3. The van der Waals surface area contributed by atoms with Gasteiger partial charge in [-0.15, -0.1) is 0 Å². The lowest BCUT2D eigenvalue weighted by Crippen LogP contribution is -2.50. The summed E-state index contributed by atoms with van der Waals surface area (Å²) >= 11 is 6.08. The Bertz CT molecular complexity index is 492. The van der Waals surface area contributed by atoms with Gasteiger partial charge in [-0.1, -0.05) is 23.7 Å². The molecule has 0 radical (unpaired) electrons. The summed E-state index contributed by atoms with van der Waals surface area (Å²) in [6, 6.07) is 7.69. The number of amides is 1. The van der Waals surface area contributed by atoms with E-state index in [0.717, 1.165) is 31.5 Å². The lowest BCUT2D eigenvalue weighted by Gasteiger charge is -2.36. The third-order valence-electron chi connectivity index (χ3n) is 4.06. The van der Waals surface area contributed by atoms with E-state index < -0.39 is 0 Å². The normalized spacial score (nSPS) is 20.6. The molecule has 0 saturated carbocycles. The molecule has 4 nitrogen and oxygen atoms in total. The highest BCUT2D eigenvalue weighted by Gasteiger charge is 2.30. The second-order valence-corrected chi connectivity index (χ2v) is 6.27. The molecule has 1 aromatic carbocycles. The number of nitrogens with zero attached hydrogens (tertiary/aromatic N) is 2. The number of halogens is 1. The Morgan fingerprint density at radius 1 is 1.48 bits per heavy atom. The van der Waals surface area contributed by atoms with Crippen molar-refractivity contribution < 1.29 is 4.79 Å². The summed E-state index contributed by atoms with van der Waals surface area (Å²) in [4.78, 5) is 16.9. The second-order valence-electron chi connectivity index (χ2n) is 5.83. The molecule has 116 valence electrons. The van der Waals surface area contributed by atoms with Gasteiger partial charge in [0.15, 0.2) is 0 Å². The number of piperidine rings is 1. The molecule has 21 heavy (non-hydrogen) atoms. The first-order valence-electron chi connectivity index (χ1n) is 7.41. The Hall–Kier alpha value is -1.10. The lowest BCUT2D eigenvalue weighted by atomic mass is 10.0. The van der Waals surface area contributed by atoms with E-state index in [4.69, 9.17) is 11.6 Å². The topological polar surface area (TPSA) is 35.6 Å². The summed E-state index contributed by atoms with van der Waals surface area (Å²) in [7, 11) is 5.82. The van der Waals surface area contributed by atoms with E-state index in [-0.39, 0.29) is 11.9 Å². The number of carbonyl (C=O) groups excluding carboxylic acids is 1. The zero-order valence-corrected chi connectivity index (χ0v) is 13.7. The Morgan fingerprint density at radius 3 is 2.86 bits per heavy atom. The van der Waals surface area contributed by atoms with Crippen LogP contribution in [0.25, 0.3) is 0 Å². The molecular formula is C16H24ClN3O. The van der Waals surface area contributed by atoms with Crippen molar-refractivity contribution in [1.82, 2.24) is 15.1 Å². The van der Waals surface area contributed by atoms with Crippen LogP contribution in [0, 0.1) is 0 Å². The summed E-state index contributed by atoms with van der Waals surface area (Å²) in [6.45, 7) is 1.61. The highest BCUT2D eigenvalue weighted by Crippen LogP contribution is 2.25. The summed E-state index contributed by atoms with van der Waals surface area (Å²) in [5.41, 5.74) is 0.948. The fourth-order valence-electron chi connectivity index (χ4n) is 2.92. The van der Waals surface area contributed by atoms with Crippen molar-refractivity contribution >= 4 is 17.5 Å². The van der Waals surface area contributed by atoms with Crippen LogP contribution < -0.4 is 5.32 Å². The minimum Gasteiger partial charge on any atom is -0.339 e. The monoisotopic (exact) mass is 309 g/mol. The lowest BCUT2D eigenvalue weighted by molar-refractivity contribution is -0.137. The first-order chi connectivity index (χ1) is 10.0. The van der Waals surface area contributed by atoms with Gasteiger partial charge in [0.2, 0.25) is 5.91 Å². The summed E-state index contributed by atoms with van der Waals surface area (Å²) in [5.74, 6) is 0.155. The zero-order valence-electron chi connectivity index (χ0n) is 13.0. The molecule has 1 aliphatic heterocycles. The van der Waals surface area contributed by atoms with Crippen LogP contribution in [0.4, 0.5) is 0 Å². The van der Waals surface area contributed by atoms with Crippen molar-refractivity contribution in [3.05, 3.63) is 34.9 Å². The number of nitrogens with one attached hydrogen (secondary N) is 1. The predicted octanol–water partition coefficient (Wildman–Crippen LogP) is 2.15. The third-order valence-corrected chi connectivity index (χ3v) is 4.29. The van der Waals surface area contributed by atoms with Crippen LogP contribution in [0.15, 0.2) is 24.3 Å². The molecule has 1 aromatic rings. The van der Waals surface area contributed by atoms with Gasteiger partial charge < -0.3 is 10.2 Å². The number of carbonyl (C=O) groups is 1. The molecule has 1 aliphatic rings. The average Bonchev–Trinajstić information content (AvgIpc) is 2.47. The number of hydrogen-bond acceptors (Lipinski definition) is 3. The summed E-state index contributed by atoms with van der Waals surface area (Å²) < 4.78 is 0. The maximum Gasteiger partial charge on any atom is 0.244 e. The molecule has 1 fully saturated rings. The van der Waals surface area contributed by atoms with Gasteiger partial charge in [0, 0.05) is 24.2 Å². The Balaban J connectivity index is 2.20. The van der Waals surface area contributed by atoms with Crippen LogP contribution in [0.2, 0.25) is 5.02 Å². The Morgan fingerprint density at radius 2 is 2.24 bits per heavy atom. The molecule has 1 saturated heterocycles. The van der Waals surface area contributed by atoms with E-state index >= 15 is 0 Å². The molecule has 2 rings (SSSR count). The van der Waals surface area contributed by atoms with Crippen molar-refractivity contribution in [3.63, 3.8) is 0 Å². The molecular weight excluding hydrogens is 286 g/mol. The van der Waals surface area contributed by atoms with Crippen LogP contribution in [-0.4, -0.2) is 56.0 Å². The van der Waals surface area contributed by atoms with Gasteiger partial charge in [-0.25, -0.2) is 0 Å². The fourth-order valence-corrected chi connectivity index (χ4v) is 3.12. The molecule has 0 bridgehead atoms. The summed E-state index contributed by atoms with van der Waals surface area (Å²) in [5, 5.41) is 3.94. The van der Waals surface area contributed by atoms with Gasteiger partial charge in [-0.3, -0.25) is 9.69 Å². The number of likely N-dealkylation sites (tertiary alicyclic amines) is 1. The molecule has 1 amide bonds. The van der Waals surface area contributed by atoms with E-state index in [1.807, 2.05) is 55.2 Å². The first kappa shape index (κ1) is 16.3. The van der Waals surface area contributed by atoms with E-state index in [1.54, 1.807) is 0 Å². The average molecular weight is 310 g/mol. The Kier molecular flexibility index (Phi) is 5.62. The fraction of sp³-hybridized carbons (Fsp3) is 0.562. The number of rotatable bonds is 4. The number of hydrogen-bond donors (Lipinski definition) is 1. The van der Waals surface area contributed by atoms with Gasteiger partial charge in [0.1, 0.15) is 6.04 Å². The SMILES string of the molecule is CNC1CCCN(C(=O)C(c2cccc(Cl)c2)N(C)C)C1. The summed E-state index contributed by atoms with van der Waals surface area (Å²) in [6.07, 6.45) is 2.18. The van der Waals surface area contributed by atoms with Gasteiger partial charge in [-0.05, 0) is 51.7 Å². The number of likely N-dealkylation sites (N-methyl/N-ethyl adjacent to an activating group) is 2. The predicted molar refractivity (Wildman–Crippen MR) is 86.5 cm³/mol. The maximum absolute atomic E-state index is 12.9. The highest BCUT2D eigenvalue weighted by molar-refractivity contribution is 6.30. The second kappa shape index (κ2) is 7.25. The largest absolute Gasteiger partial charge is 0.339 e. The van der Waals surface area contributed by atoms with Crippen LogP contribution in [0.5, 0.6) is 0 Å². The highest BCUT2D eigenvalue weighted by atomic mass is 35.5. The third kappa shape index (κ3) is 3.96. The number of benzene rings is 1. The minimum absolute atomic E-state index is 0.155. The van der Waals surface area contributed by atoms with Crippen molar-refractivity contribution in [3.8, 4) is 0 Å². The van der Waals surface area contributed by atoms with Crippen LogP contribution in [-0.2, 0) is 4.79 Å². The van der Waals surface area contributed by atoms with Crippen molar-refractivity contribution in [2.24, 2.45) is 0 Å². The molecule has 0 aliphatic carbocycles. The molecule has 1 heterocycles. The van der Waals surface area contributed by atoms with Crippen LogP contribution in [0.3, 0.4) is 0 Å². The van der Waals surface area contributed by atoms with Crippen LogP contribution >= 0.6 is 11.6 Å². The first-order valence-corrected chi connectivity index (χ1v) is 7.78. The van der Waals surface area contributed by atoms with Gasteiger partial charge in [0.05, 0.1) is 0 Å². The van der Waals surface area contributed by atoms with Crippen molar-refractivity contribution in [2.45, 2.75) is 24.9 Å². The smallest absolute Gasteiger partial charge is 0.244 e. The van der Waals surface area contributed by atoms with Gasteiger partial charge >= 0.3 is 0 Å².